The number of imidazole rings is 1. The Hall–Kier alpha value is -3.09. The minimum Gasteiger partial charge on any atom is -0.308 e. The Kier molecular flexibility index (Phi) is 5.61. The minimum atomic E-state index is -0.378. The van der Waals surface area contributed by atoms with Crippen molar-refractivity contribution in [1.29, 1.82) is 0 Å². The highest BCUT2D eigenvalue weighted by atomic mass is 35.5. The lowest BCUT2D eigenvalue weighted by atomic mass is 10.2. The normalized spacial score (nSPS) is 10.9. The summed E-state index contributed by atoms with van der Waals surface area (Å²) in [5.41, 5.74) is 4.41. The summed E-state index contributed by atoms with van der Waals surface area (Å²) in [4.78, 5) is 21.7. The molecule has 2 amide bonds. The molecule has 4 rings (SSSR count). The molecule has 4 aromatic rings. The number of rotatable bonds is 4. The van der Waals surface area contributed by atoms with E-state index >= 15 is 0 Å². The van der Waals surface area contributed by atoms with E-state index in [0.29, 0.717) is 39.2 Å². The summed E-state index contributed by atoms with van der Waals surface area (Å²) >= 11 is 12.1. The Bertz CT molecular complexity index is 1250. The van der Waals surface area contributed by atoms with Gasteiger partial charge >= 0.3 is 6.03 Å². The molecule has 2 aromatic heterocycles. The maximum Gasteiger partial charge on any atom is 0.323 e. The molecule has 0 saturated heterocycles. The third-order valence-corrected chi connectivity index (χ3v) is 5.13. The largest absolute Gasteiger partial charge is 0.323 e. The molecule has 0 aliphatic rings. The molecule has 6 nitrogen and oxygen atoms in total. The van der Waals surface area contributed by atoms with Gasteiger partial charge in [0.05, 0.1) is 17.9 Å². The number of benzene rings is 2. The minimum absolute atomic E-state index is 0.378. The van der Waals surface area contributed by atoms with Crippen LogP contribution in [0.15, 0.2) is 54.6 Å². The molecule has 30 heavy (non-hydrogen) atoms. The van der Waals surface area contributed by atoms with Crippen molar-refractivity contribution in [1.82, 2.24) is 14.5 Å². The van der Waals surface area contributed by atoms with Gasteiger partial charge in [-0.05, 0) is 55.8 Å². The van der Waals surface area contributed by atoms with Crippen molar-refractivity contribution in [3.05, 3.63) is 81.7 Å². The number of halogens is 2. The lowest BCUT2D eigenvalue weighted by Gasteiger charge is -2.11. The summed E-state index contributed by atoms with van der Waals surface area (Å²) in [5, 5.41) is 6.83. The monoisotopic (exact) mass is 439 g/mol. The van der Waals surface area contributed by atoms with Crippen LogP contribution in [0.3, 0.4) is 0 Å². The molecule has 0 radical (unpaired) electrons. The van der Waals surface area contributed by atoms with Gasteiger partial charge in [0.25, 0.3) is 0 Å². The van der Waals surface area contributed by atoms with Gasteiger partial charge in [-0.2, -0.15) is 0 Å². The second-order valence-electron chi connectivity index (χ2n) is 6.93. The van der Waals surface area contributed by atoms with Gasteiger partial charge in [0.15, 0.2) is 5.65 Å². The van der Waals surface area contributed by atoms with E-state index in [4.69, 9.17) is 28.2 Å². The molecule has 2 aromatic carbocycles. The van der Waals surface area contributed by atoms with Gasteiger partial charge in [-0.25, -0.2) is 14.8 Å². The molecular weight excluding hydrogens is 421 g/mol. The fourth-order valence-corrected chi connectivity index (χ4v) is 3.64. The fourth-order valence-electron chi connectivity index (χ4n) is 3.24. The number of urea groups is 1. The van der Waals surface area contributed by atoms with Crippen molar-refractivity contribution >= 4 is 51.8 Å². The third-order valence-electron chi connectivity index (χ3n) is 4.66. The number of hydrogen-bond acceptors (Lipinski definition) is 3. The Balaban J connectivity index is 1.59. The van der Waals surface area contributed by atoms with Gasteiger partial charge in [0.2, 0.25) is 0 Å². The predicted molar refractivity (Wildman–Crippen MR) is 122 cm³/mol. The summed E-state index contributed by atoms with van der Waals surface area (Å²) in [7, 11) is 0. The third kappa shape index (κ3) is 4.40. The van der Waals surface area contributed by atoms with E-state index in [1.54, 1.807) is 24.3 Å². The Morgan fingerprint density at radius 1 is 0.967 bits per heavy atom. The number of carbonyl (C=O) groups is 1. The Morgan fingerprint density at radius 3 is 2.43 bits per heavy atom. The molecule has 2 heterocycles. The van der Waals surface area contributed by atoms with Crippen molar-refractivity contribution in [3.8, 4) is 0 Å². The van der Waals surface area contributed by atoms with Gasteiger partial charge in [-0.15, -0.1) is 0 Å². The number of nitrogens with one attached hydrogen (secondary N) is 2. The molecule has 0 aliphatic carbocycles. The zero-order valence-corrected chi connectivity index (χ0v) is 17.9. The van der Waals surface area contributed by atoms with Crippen LogP contribution >= 0.6 is 23.2 Å². The quantitative estimate of drug-likeness (QED) is 0.406. The van der Waals surface area contributed by atoms with Crippen molar-refractivity contribution in [2.45, 2.75) is 20.4 Å². The zero-order chi connectivity index (χ0) is 21.3. The first-order valence-electron chi connectivity index (χ1n) is 9.31. The number of fused-ring (bicyclic) bond motifs is 1. The SMILES string of the molecule is Cc1nc2c(cc1NC(=O)Nc1cccc(Cl)c1)nc(C)n2Cc1cccc(Cl)c1. The van der Waals surface area contributed by atoms with E-state index in [1.165, 1.54) is 0 Å². The molecule has 0 bridgehead atoms. The van der Waals surface area contributed by atoms with E-state index in [-0.39, 0.29) is 6.03 Å². The number of aryl methyl sites for hydroxylation is 2. The van der Waals surface area contributed by atoms with E-state index in [9.17, 15) is 4.79 Å². The van der Waals surface area contributed by atoms with Crippen LogP contribution in [0.1, 0.15) is 17.1 Å². The molecule has 0 saturated carbocycles. The maximum atomic E-state index is 12.4. The highest BCUT2D eigenvalue weighted by molar-refractivity contribution is 6.31. The number of amides is 2. The summed E-state index contributed by atoms with van der Waals surface area (Å²) in [5.74, 6) is 0.831. The average Bonchev–Trinajstić information content (AvgIpc) is 2.96. The Labute approximate surface area is 183 Å². The van der Waals surface area contributed by atoms with Crippen molar-refractivity contribution in [2.75, 3.05) is 10.6 Å². The van der Waals surface area contributed by atoms with Gasteiger partial charge in [-0.1, -0.05) is 41.4 Å². The van der Waals surface area contributed by atoms with Crippen LogP contribution in [0.5, 0.6) is 0 Å². The number of aromatic nitrogens is 3. The number of pyridine rings is 1. The number of carbonyl (C=O) groups excluding carboxylic acids is 1. The predicted octanol–water partition coefficient (Wildman–Crippen LogP) is 6.05. The first-order chi connectivity index (χ1) is 14.4. The number of hydrogen-bond donors (Lipinski definition) is 2. The molecule has 0 spiro atoms. The lowest BCUT2D eigenvalue weighted by molar-refractivity contribution is 0.262. The van der Waals surface area contributed by atoms with E-state index < -0.39 is 0 Å². The highest BCUT2D eigenvalue weighted by Gasteiger charge is 2.14. The second-order valence-corrected chi connectivity index (χ2v) is 7.80. The number of nitrogens with zero attached hydrogens (tertiary/aromatic N) is 3. The molecule has 0 atom stereocenters. The molecular formula is C22H19Cl2N5O. The smallest absolute Gasteiger partial charge is 0.308 e. The van der Waals surface area contributed by atoms with E-state index in [0.717, 1.165) is 17.0 Å². The summed E-state index contributed by atoms with van der Waals surface area (Å²) in [6, 6.07) is 16.1. The summed E-state index contributed by atoms with van der Waals surface area (Å²) in [6.07, 6.45) is 0. The van der Waals surface area contributed by atoms with Crippen molar-refractivity contribution in [3.63, 3.8) is 0 Å². The van der Waals surface area contributed by atoms with Crippen LogP contribution in [-0.2, 0) is 6.54 Å². The standard InChI is InChI=1S/C22H19Cl2N5O/c1-13-19(28-22(30)27-18-8-4-7-17(24)10-18)11-20-21(25-13)29(14(2)26-20)12-15-5-3-6-16(23)9-15/h3-11H,12H2,1-2H3,(H2,27,28,30). The van der Waals surface area contributed by atoms with Crippen LogP contribution in [0.25, 0.3) is 11.2 Å². The molecule has 8 heteroatoms. The van der Waals surface area contributed by atoms with Crippen LogP contribution in [0, 0.1) is 13.8 Å². The molecule has 2 N–H and O–H groups in total. The molecule has 0 aliphatic heterocycles. The molecule has 152 valence electrons. The highest BCUT2D eigenvalue weighted by Crippen LogP contribution is 2.23. The summed E-state index contributed by atoms with van der Waals surface area (Å²) < 4.78 is 2.03. The first-order valence-corrected chi connectivity index (χ1v) is 10.1. The van der Waals surface area contributed by atoms with Gasteiger partial charge in [0.1, 0.15) is 11.3 Å². The topological polar surface area (TPSA) is 71.8 Å². The van der Waals surface area contributed by atoms with Crippen LogP contribution < -0.4 is 10.6 Å². The van der Waals surface area contributed by atoms with Gasteiger partial charge < -0.3 is 15.2 Å². The van der Waals surface area contributed by atoms with Gasteiger partial charge in [0, 0.05) is 15.7 Å². The molecule has 0 unspecified atom stereocenters. The first kappa shape index (κ1) is 20.2. The van der Waals surface area contributed by atoms with Crippen LogP contribution in [-0.4, -0.2) is 20.6 Å². The van der Waals surface area contributed by atoms with Crippen LogP contribution in [0.4, 0.5) is 16.2 Å². The van der Waals surface area contributed by atoms with Crippen molar-refractivity contribution < 1.29 is 4.79 Å². The summed E-state index contributed by atoms with van der Waals surface area (Å²) in [6.45, 7) is 4.39. The number of anilines is 2. The lowest BCUT2D eigenvalue weighted by Crippen LogP contribution is -2.20. The zero-order valence-electron chi connectivity index (χ0n) is 16.4. The van der Waals surface area contributed by atoms with Crippen molar-refractivity contribution in [2.24, 2.45) is 0 Å². The second kappa shape index (κ2) is 8.34. The molecule has 0 fully saturated rings. The average molecular weight is 440 g/mol. The Morgan fingerprint density at radius 2 is 1.70 bits per heavy atom. The fraction of sp³-hybridized carbons (Fsp3) is 0.136. The van der Waals surface area contributed by atoms with Gasteiger partial charge in [-0.3, -0.25) is 0 Å². The maximum absolute atomic E-state index is 12.4. The van der Waals surface area contributed by atoms with E-state index in [1.807, 2.05) is 48.7 Å². The van der Waals surface area contributed by atoms with Crippen LogP contribution in [0.2, 0.25) is 10.0 Å². The van der Waals surface area contributed by atoms with E-state index in [2.05, 4.69) is 15.6 Å².